The molecular formula is C11H12ClNO3. The van der Waals surface area contributed by atoms with Crippen LogP contribution in [0.3, 0.4) is 0 Å². The Bertz CT molecular complexity index is 377. The van der Waals surface area contributed by atoms with E-state index < -0.39 is 0 Å². The summed E-state index contributed by atoms with van der Waals surface area (Å²) >= 11 is 5.67. The standard InChI is InChI=1S/C11H12ClNO3/c12-10-6-8(3-4-13-10)11(14)16-7-9-2-1-5-15-9/h3-4,6,9H,1-2,5,7H2. The average Bonchev–Trinajstić information content (AvgIpc) is 2.78. The maximum atomic E-state index is 11.6. The van der Waals surface area contributed by atoms with Gasteiger partial charge < -0.3 is 9.47 Å². The molecule has 5 heteroatoms. The van der Waals surface area contributed by atoms with Crippen molar-refractivity contribution in [3.05, 3.63) is 29.0 Å². The molecule has 1 aliphatic heterocycles. The SMILES string of the molecule is O=C(OCC1CCCO1)c1ccnc(Cl)c1. The Morgan fingerprint density at radius 1 is 1.69 bits per heavy atom. The molecule has 1 saturated heterocycles. The number of pyridine rings is 1. The summed E-state index contributed by atoms with van der Waals surface area (Å²) in [5, 5.41) is 0.284. The van der Waals surface area contributed by atoms with Gasteiger partial charge in [-0.1, -0.05) is 11.6 Å². The largest absolute Gasteiger partial charge is 0.459 e. The molecule has 1 aromatic rings. The van der Waals surface area contributed by atoms with Crippen molar-refractivity contribution < 1.29 is 14.3 Å². The van der Waals surface area contributed by atoms with Crippen molar-refractivity contribution in [1.29, 1.82) is 0 Å². The fraction of sp³-hybridized carbons (Fsp3) is 0.455. The molecule has 0 N–H and O–H groups in total. The zero-order valence-electron chi connectivity index (χ0n) is 8.69. The van der Waals surface area contributed by atoms with Crippen molar-refractivity contribution in [2.24, 2.45) is 0 Å². The summed E-state index contributed by atoms with van der Waals surface area (Å²) in [6.07, 6.45) is 3.50. The Morgan fingerprint density at radius 3 is 3.25 bits per heavy atom. The number of aromatic nitrogens is 1. The van der Waals surface area contributed by atoms with Crippen molar-refractivity contribution in [3.63, 3.8) is 0 Å². The van der Waals surface area contributed by atoms with Gasteiger partial charge in [0.25, 0.3) is 0 Å². The highest BCUT2D eigenvalue weighted by Crippen LogP contribution is 2.13. The van der Waals surface area contributed by atoms with E-state index in [2.05, 4.69) is 4.98 Å². The molecule has 1 aromatic heterocycles. The van der Waals surface area contributed by atoms with Gasteiger partial charge in [0.05, 0.1) is 11.7 Å². The number of ether oxygens (including phenoxy) is 2. The molecule has 1 fully saturated rings. The van der Waals surface area contributed by atoms with Gasteiger partial charge in [-0.05, 0) is 25.0 Å². The number of carbonyl (C=O) groups excluding carboxylic acids is 1. The fourth-order valence-electron chi connectivity index (χ4n) is 1.56. The lowest BCUT2D eigenvalue weighted by atomic mass is 10.2. The lowest BCUT2D eigenvalue weighted by Crippen LogP contribution is -2.17. The summed E-state index contributed by atoms with van der Waals surface area (Å²) in [5.74, 6) is -0.389. The predicted molar refractivity (Wildman–Crippen MR) is 58.5 cm³/mol. The Balaban J connectivity index is 1.87. The van der Waals surface area contributed by atoms with Crippen LogP contribution in [0.2, 0.25) is 5.15 Å². The van der Waals surface area contributed by atoms with Crippen molar-refractivity contribution >= 4 is 17.6 Å². The van der Waals surface area contributed by atoms with Crippen LogP contribution in [0.15, 0.2) is 18.3 Å². The summed E-state index contributed by atoms with van der Waals surface area (Å²) in [6, 6.07) is 3.06. The molecule has 0 spiro atoms. The van der Waals surface area contributed by atoms with Gasteiger partial charge >= 0.3 is 5.97 Å². The lowest BCUT2D eigenvalue weighted by Gasteiger charge is -2.09. The molecule has 0 saturated carbocycles. The molecule has 2 rings (SSSR count). The summed E-state index contributed by atoms with van der Waals surface area (Å²) in [7, 11) is 0. The second-order valence-corrected chi connectivity index (χ2v) is 3.99. The van der Waals surface area contributed by atoms with Gasteiger partial charge in [-0.2, -0.15) is 0 Å². The van der Waals surface area contributed by atoms with Gasteiger partial charge in [-0.15, -0.1) is 0 Å². The van der Waals surface area contributed by atoms with E-state index in [1.54, 1.807) is 6.07 Å². The first-order chi connectivity index (χ1) is 7.75. The first kappa shape index (κ1) is 11.4. The van der Waals surface area contributed by atoms with Crippen LogP contribution in [-0.4, -0.2) is 30.3 Å². The van der Waals surface area contributed by atoms with Crippen LogP contribution in [-0.2, 0) is 9.47 Å². The van der Waals surface area contributed by atoms with E-state index in [-0.39, 0.29) is 17.2 Å². The van der Waals surface area contributed by atoms with E-state index in [1.165, 1.54) is 12.3 Å². The van der Waals surface area contributed by atoms with Crippen LogP contribution in [0.1, 0.15) is 23.2 Å². The Labute approximate surface area is 98.5 Å². The molecule has 0 radical (unpaired) electrons. The van der Waals surface area contributed by atoms with Crippen molar-refractivity contribution in [2.45, 2.75) is 18.9 Å². The molecule has 0 aromatic carbocycles. The lowest BCUT2D eigenvalue weighted by molar-refractivity contribution is 0.0161. The first-order valence-electron chi connectivity index (χ1n) is 5.16. The van der Waals surface area contributed by atoms with Gasteiger partial charge in [-0.3, -0.25) is 0 Å². The Kier molecular flexibility index (Phi) is 3.74. The molecule has 0 amide bonds. The summed E-state index contributed by atoms with van der Waals surface area (Å²) in [5.41, 5.74) is 0.415. The molecule has 4 nitrogen and oxygen atoms in total. The quantitative estimate of drug-likeness (QED) is 0.601. The van der Waals surface area contributed by atoms with Crippen LogP contribution in [0.5, 0.6) is 0 Å². The van der Waals surface area contributed by atoms with Crippen molar-refractivity contribution in [2.75, 3.05) is 13.2 Å². The first-order valence-corrected chi connectivity index (χ1v) is 5.54. The third kappa shape index (κ3) is 2.93. The zero-order valence-corrected chi connectivity index (χ0v) is 9.44. The fourth-order valence-corrected chi connectivity index (χ4v) is 1.73. The van der Waals surface area contributed by atoms with E-state index >= 15 is 0 Å². The van der Waals surface area contributed by atoms with E-state index in [9.17, 15) is 4.79 Å². The van der Waals surface area contributed by atoms with Crippen molar-refractivity contribution in [3.8, 4) is 0 Å². The van der Waals surface area contributed by atoms with Gasteiger partial charge in [0.1, 0.15) is 11.8 Å². The Morgan fingerprint density at radius 2 is 2.56 bits per heavy atom. The number of nitrogens with zero attached hydrogens (tertiary/aromatic N) is 1. The van der Waals surface area contributed by atoms with Crippen molar-refractivity contribution in [1.82, 2.24) is 4.98 Å². The minimum absolute atomic E-state index is 0.0428. The highest BCUT2D eigenvalue weighted by atomic mass is 35.5. The number of rotatable bonds is 3. The molecule has 1 atom stereocenters. The summed E-state index contributed by atoms with van der Waals surface area (Å²) in [6.45, 7) is 1.06. The summed E-state index contributed by atoms with van der Waals surface area (Å²) in [4.78, 5) is 15.4. The Hall–Kier alpha value is -1.13. The smallest absolute Gasteiger partial charge is 0.338 e. The van der Waals surface area contributed by atoms with Gasteiger partial charge in [0.15, 0.2) is 0 Å². The van der Waals surface area contributed by atoms with Gasteiger partial charge in [-0.25, -0.2) is 9.78 Å². The maximum absolute atomic E-state index is 11.6. The molecule has 1 unspecified atom stereocenters. The van der Waals surface area contributed by atoms with Crippen LogP contribution in [0.25, 0.3) is 0 Å². The topological polar surface area (TPSA) is 48.4 Å². The molecular weight excluding hydrogens is 230 g/mol. The molecule has 1 aliphatic rings. The maximum Gasteiger partial charge on any atom is 0.338 e. The normalized spacial score (nSPS) is 19.7. The number of carbonyl (C=O) groups is 1. The second kappa shape index (κ2) is 5.27. The number of hydrogen-bond donors (Lipinski definition) is 0. The zero-order chi connectivity index (χ0) is 11.4. The van der Waals surface area contributed by atoms with E-state index in [4.69, 9.17) is 21.1 Å². The minimum Gasteiger partial charge on any atom is -0.459 e. The minimum atomic E-state index is -0.389. The molecule has 86 valence electrons. The van der Waals surface area contributed by atoms with E-state index in [0.717, 1.165) is 19.4 Å². The monoisotopic (exact) mass is 241 g/mol. The third-order valence-corrected chi connectivity index (χ3v) is 2.59. The summed E-state index contributed by atoms with van der Waals surface area (Å²) < 4.78 is 10.5. The van der Waals surface area contributed by atoms with E-state index in [1.807, 2.05) is 0 Å². The van der Waals surface area contributed by atoms with Crippen LogP contribution >= 0.6 is 11.6 Å². The molecule has 2 heterocycles. The molecule has 0 bridgehead atoms. The van der Waals surface area contributed by atoms with Gasteiger partial charge in [0, 0.05) is 12.8 Å². The second-order valence-electron chi connectivity index (χ2n) is 3.60. The van der Waals surface area contributed by atoms with Crippen LogP contribution in [0.4, 0.5) is 0 Å². The van der Waals surface area contributed by atoms with Gasteiger partial charge in [0.2, 0.25) is 0 Å². The van der Waals surface area contributed by atoms with E-state index in [0.29, 0.717) is 12.2 Å². The number of hydrogen-bond acceptors (Lipinski definition) is 4. The number of halogens is 1. The molecule has 16 heavy (non-hydrogen) atoms. The predicted octanol–water partition coefficient (Wildman–Crippen LogP) is 2.07. The number of esters is 1. The highest BCUT2D eigenvalue weighted by Gasteiger charge is 2.18. The van der Waals surface area contributed by atoms with Crippen LogP contribution < -0.4 is 0 Å². The van der Waals surface area contributed by atoms with Crippen LogP contribution in [0, 0.1) is 0 Å². The average molecular weight is 242 g/mol. The highest BCUT2D eigenvalue weighted by molar-refractivity contribution is 6.29. The molecule has 0 aliphatic carbocycles. The third-order valence-electron chi connectivity index (χ3n) is 2.39.